The minimum absolute atomic E-state index is 0. The first-order valence-corrected chi connectivity index (χ1v) is 11.6. The number of carbonyl (C=O) groups is 1. The van der Waals surface area contributed by atoms with Gasteiger partial charge in [-0.2, -0.15) is 4.31 Å². The molecule has 0 spiro atoms. The average Bonchev–Trinajstić information content (AvgIpc) is 3.36. The van der Waals surface area contributed by atoms with E-state index in [4.69, 9.17) is 0 Å². The molecule has 6 nitrogen and oxygen atoms in total. The highest BCUT2D eigenvalue weighted by Gasteiger charge is 2.38. The Balaban J connectivity index is 0.00000225. The number of nitrogens with zero attached hydrogens (tertiary/aromatic N) is 1. The molecule has 1 amide bonds. The monoisotopic (exact) mass is 427 g/mol. The molecule has 1 aromatic carbocycles. The van der Waals surface area contributed by atoms with Crippen LogP contribution < -0.4 is 10.6 Å². The second-order valence-electron chi connectivity index (χ2n) is 8.08. The van der Waals surface area contributed by atoms with Gasteiger partial charge in [-0.3, -0.25) is 4.79 Å². The Kier molecular flexibility index (Phi) is 7.02. The second-order valence-corrected chi connectivity index (χ2v) is 10.0. The second kappa shape index (κ2) is 9.11. The van der Waals surface area contributed by atoms with Crippen molar-refractivity contribution in [2.24, 2.45) is 5.92 Å². The number of rotatable bonds is 5. The Bertz CT molecular complexity index is 764. The molecule has 3 aliphatic rings. The summed E-state index contributed by atoms with van der Waals surface area (Å²) in [5.74, 6) is 0.697. The van der Waals surface area contributed by atoms with E-state index in [1.54, 1.807) is 28.6 Å². The Morgan fingerprint density at radius 3 is 2.43 bits per heavy atom. The highest BCUT2D eigenvalue weighted by Crippen LogP contribution is 2.33. The fourth-order valence-corrected chi connectivity index (χ4v) is 6.21. The average molecular weight is 428 g/mol. The lowest BCUT2D eigenvalue weighted by molar-refractivity contribution is -0.123. The highest BCUT2D eigenvalue weighted by atomic mass is 35.5. The number of sulfonamides is 1. The first-order chi connectivity index (χ1) is 13.0. The maximum Gasteiger partial charge on any atom is 0.243 e. The molecule has 1 aromatic rings. The van der Waals surface area contributed by atoms with Gasteiger partial charge in [-0.1, -0.05) is 25.0 Å². The van der Waals surface area contributed by atoms with Gasteiger partial charge in [-0.25, -0.2) is 8.42 Å². The Morgan fingerprint density at radius 1 is 1.07 bits per heavy atom. The van der Waals surface area contributed by atoms with Gasteiger partial charge < -0.3 is 10.6 Å². The van der Waals surface area contributed by atoms with E-state index in [2.05, 4.69) is 10.6 Å². The van der Waals surface area contributed by atoms with Gasteiger partial charge in [0.2, 0.25) is 15.9 Å². The van der Waals surface area contributed by atoms with Crippen molar-refractivity contribution in [3.05, 3.63) is 29.8 Å². The van der Waals surface area contributed by atoms with Crippen LogP contribution in [0.1, 0.15) is 50.5 Å². The Morgan fingerprint density at radius 2 is 1.75 bits per heavy atom. The predicted molar refractivity (Wildman–Crippen MR) is 111 cm³/mol. The molecule has 0 bridgehead atoms. The summed E-state index contributed by atoms with van der Waals surface area (Å²) in [4.78, 5) is 12.8. The number of amides is 1. The van der Waals surface area contributed by atoms with Crippen molar-refractivity contribution in [2.75, 3.05) is 13.1 Å². The van der Waals surface area contributed by atoms with Gasteiger partial charge in [0.15, 0.2) is 0 Å². The van der Waals surface area contributed by atoms with Gasteiger partial charge in [0.05, 0.1) is 10.9 Å². The van der Waals surface area contributed by atoms with Crippen LogP contribution in [0.3, 0.4) is 0 Å². The molecule has 1 aliphatic carbocycles. The summed E-state index contributed by atoms with van der Waals surface area (Å²) in [6, 6.07) is 7.31. The topological polar surface area (TPSA) is 78.5 Å². The predicted octanol–water partition coefficient (Wildman–Crippen LogP) is 2.43. The molecule has 0 aromatic heterocycles. The van der Waals surface area contributed by atoms with E-state index in [-0.39, 0.29) is 24.4 Å². The number of hydrogen-bond donors (Lipinski definition) is 2. The molecule has 8 heteroatoms. The molecule has 3 atom stereocenters. The molecule has 28 heavy (non-hydrogen) atoms. The molecular weight excluding hydrogens is 398 g/mol. The van der Waals surface area contributed by atoms with Crippen molar-refractivity contribution in [3.63, 3.8) is 0 Å². The van der Waals surface area contributed by atoms with Gasteiger partial charge in [0.25, 0.3) is 0 Å². The number of halogens is 1. The molecule has 3 fully saturated rings. The maximum atomic E-state index is 12.6. The lowest BCUT2D eigenvalue weighted by Crippen LogP contribution is -2.42. The van der Waals surface area contributed by atoms with Crippen LogP contribution in [0.15, 0.2) is 29.2 Å². The summed E-state index contributed by atoms with van der Waals surface area (Å²) < 4.78 is 26.7. The van der Waals surface area contributed by atoms with E-state index in [0.29, 0.717) is 36.5 Å². The van der Waals surface area contributed by atoms with Crippen molar-refractivity contribution in [1.82, 2.24) is 14.9 Å². The zero-order valence-electron chi connectivity index (χ0n) is 16.1. The van der Waals surface area contributed by atoms with Gasteiger partial charge in [-0.05, 0) is 55.7 Å². The molecule has 156 valence electrons. The highest BCUT2D eigenvalue weighted by molar-refractivity contribution is 7.89. The zero-order chi connectivity index (χ0) is 18.9. The molecule has 3 unspecified atom stereocenters. The molecule has 2 aliphatic heterocycles. The van der Waals surface area contributed by atoms with Gasteiger partial charge in [0.1, 0.15) is 0 Å². The molecule has 2 N–H and O–H groups in total. The SMILES string of the molecule is Cl.O=C(NCc1ccc(S(=O)(=O)N2CCCC2)cc1)C1CC2CCCCC2N1. The third-order valence-corrected chi connectivity index (χ3v) is 8.19. The molecule has 2 heterocycles. The smallest absolute Gasteiger partial charge is 0.243 e. The number of carbonyl (C=O) groups excluding carboxylic acids is 1. The van der Waals surface area contributed by atoms with Crippen LogP contribution >= 0.6 is 12.4 Å². The van der Waals surface area contributed by atoms with Crippen LogP contribution in [0.25, 0.3) is 0 Å². The standard InChI is InChI=1S/C20H29N3O3S.ClH/c24-20(19-13-16-5-1-2-6-18(16)22-19)21-14-15-7-9-17(10-8-15)27(25,26)23-11-3-4-12-23;/h7-10,16,18-19,22H,1-6,11-14H2,(H,21,24);1H. The lowest BCUT2D eigenvalue weighted by Gasteiger charge is -2.24. The zero-order valence-corrected chi connectivity index (χ0v) is 17.7. The van der Waals surface area contributed by atoms with Gasteiger partial charge in [-0.15, -0.1) is 12.4 Å². The van der Waals surface area contributed by atoms with E-state index in [9.17, 15) is 13.2 Å². The quantitative estimate of drug-likeness (QED) is 0.756. The first kappa shape index (κ1) is 21.6. The number of hydrogen-bond acceptors (Lipinski definition) is 4. The summed E-state index contributed by atoms with van der Waals surface area (Å²) in [6.45, 7) is 1.64. The fraction of sp³-hybridized carbons (Fsp3) is 0.650. The van der Waals surface area contributed by atoms with Crippen molar-refractivity contribution in [2.45, 2.75) is 68.5 Å². The van der Waals surface area contributed by atoms with Crippen molar-refractivity contribution in [3.8, 4) is 0 Å². The van der Waals surface area contributed by atoms with Crippen LogP contribution in [-0.4, -0.2) is 43.8 Å². The largest absolute Gasteiger partial charge is 0.351 e. The van der Waals surface area contributed by atoms with Gasteiger partial charge >= 0.3 is 0 Å². The minimum atomic E-state index is -3.38. The van der Waals surface area contributed by atoms with Crippen molar-refractivity contribution < 1.29 is 13.2 Å². The normalized spacial score (nSPS) is 27.8. The minimum Gasteiger partial charge on any atom is -0.351 e. The van der Waals surface area contributed by atoms with E-state index < -0.39 is 10.0 Å². The fourth-order valence-electron chi connectivity index (χ4n) is 4.69. The summed E-state index contributed by atoms with van der Waals surface area (Å²) in [5.41, 5.74) is 0.916. The van der Waals surface area contributed by atoms with Crippen molar-refractivity contribution >= 4 is 28.3 Å². The third kappa shape index (κ3) is 4.53. The molecule has 1 saturated carbocycles. The maximum absolute atomic E-state index is 12.6. The van der Waals surface area contributed by atoms with Crippen LogP contribution in [0.4, 0.5) is 0 Å². The third-order valence-electron chi connectivity index (χ3n) is 6.27. The van der Waals surface area contributed by atoms with E-state index >= 15 is 0 Å². The van der Waals surface area contributed by atoms with Crippen LogP contribution in [-0.2, 0) is 21.4 Å². The van der Waals surface area contributed by atoms with E-state index in [1.165, 1.54) is 25.7 Å². The number of benzene rings is 1. The van der Waals surface area contributed by atoms with Gasteiger partial charge in [0, 0.05) is 25.7 Å². The first-order valence-electron chi connectivity index (χ1n) is 10.2. The molecular formula is C20H30ClN3O3S. The Labute approximate surface area is 173 Å². The van der Waals surface area contributed by atoms with Crippen molar-refractivity contribution in [1.29, 1.82) is 0 Å². The van der Waals surface area contributed by atoms with E-state index in [1.807, 2.05) is 0 Å². The number of nitrogens with one attached hydrogen (secondary N) is 2. The van der Waals surface area contributed by atoms with Crippen LogP contribution in [0.5, 0.6) is 0 Å². The Hall–Kier alpha value is -1.15. The van der Waals surface area contributed by atoms with Crippen LogP contribution in [0.2, 0.25) is 0 Å². The summed E-state index contributed by atoms with van der Waals surface area (Å²) >= 11 is 0. The molecule has 0 radical (unpaired) electrons. The summed E-state index contributed by atoms with van der Waals surface area (Å²) in [6.07, 6.45) is 7.75. The molecule has 4 rings (SSSR count). The summed E-state index contributed by atoms with van der Waals surface area (Å²) in [7, 11) is -3.38. The molecule has 2 saturated heterocycles. The van der Waals surface area contributed by atoms with E-state index in [0.717, 1.165) is 24.8 Å². The number of fused-ring (bicyclic) bond motifs is 1. The van der Waals surface area contributed by atoms with Crippen LogP contribution in [0, 0.1) is 5.92 Å². The summed E-state index contributed by atoms with van der Waals surface area (Å²) in [5, 5.41) is 6.49. The lowest BCUT2D eigenvalue weighted by atomic mass is 9.85.